The number of methoxy groups -OCH3 is 1. The number of aromatic nitrogens is 2. The zero-order chi connectivity index (χ0) is 24.0. The van der Waals surface area contributed by atoms with E-state index < -0.39 is 0 Å². The van der Waals surface area contributed by atoms with E-state index in [1.807, 2.05) is 26.0 Å². The summed E-state index contributed by atoms with van der Waals surface area (Å²) < 4.78 is 10.9. The number of benzene rings is 2. The van der Waals surface area contributed by atoms with Crippen molar-refractivity contribution in [3.63, 3.8) is 0 Å². The van der Waals surface area contributed by atoms with Crippen LogP contribution in [0, 0.1) is 0 Å². The summed E-state index contributed by atoms with van der Waals surface area (Å²) in [5, 5.41) is 14.9. The largest absolute Gasteiger partial charge is 0.493 e. The Kier molecular flexibility index (Phi) is 8.00. The number of nitrogens with one attached hydrogen (secondary N) is 2. The topological polar surface area (TPSA) is 102 Å². The van der Waals surface area contributed by atoms with Gasteiger partial charge in [-0.15, -0.1) is 10.2 Å². The lowest BCUT2D eigenvalue weighted by molar-refractivity contribution is -0.123. The average Bonchev–Trinajstić information content (AvgIpc) is 3.25. The highest BCUT2D eigenvalue weighted by Crippen LogP contribution is 2.30. The first kappa shape index (κ1) is 24.2. The number of amides is 2. The third-order valence-electron chi connectivity index (χ3n) is 4.70. The van der Waals surface area contributed by atoms with Crippen molar-refractivity contribution in [1.82, 2.24) is 15.5 Å². The average molecular weight is 469 g/mol. The molecule has 0 unspecified atom stereocenters. The number of carbonyl (C=O) groups is 2. The van der Waals surface area contributed by atoms with Gasteiger partial charge in [-0.3, -0.25) is 14.9 Å². The molecule has 3 rings (SSSR count). The van der Waals surface area contributed by atoms with Crippen LogP contribution < -0.4 is 20.1 Å². The Hall–Kier alpha value is -3.46. The Labute approximate surface area is 197 Å². The van der Waals surface area contributed by atoms with Crippen molar-refractivity contribution in [2.24, 2.45) is 0 Å². The molecule has 2 N–H and O–H groups in total. The van der Waals surface area contributed by atoms with Crippen molar-refractivity contribution in [2.75, 3.05) is 19.0 Å². The highest BCUT2D eigenvalue weighted by atomic mass is 32.1. The summed E-state index contributed by atoms with van der Waals surface area (Å²) in [6.45, 7) is 7.88. The lowest BCUT2D eigenvalue weighted by Gasteiger charge is -2.13. The number of ether oxygens (including phenoxy) is 2. The number of nitrogens with zero attached hydrogens (tertiary/aromatic N) is 2. The predicted molar refractivity (Wildman–Crippen MR) is 129 cm³/mol. The van der Waals surface area contributed by atoms with Crippen LogP contribution in [0.2, 0.25) is 0 Å². The van der Waals surface area contributed by atoms with Gasteiger partial charge < -0.3 is 14.8 Å². The lowest BCUT2D eigenvalue weighted by atomic mass is 10.0. The van der Waals surface area contributed by atoms with Gasteiger partial charge in [0.05, 0.1) is 7.11 Å². The Bertz CT molecular complexity index is 1110. The van der Waals surface area contributed by atoms with Gasteiger partial charge in [0.2, 0.25) is 5.13 Å². The van der Waals surface area contributed by atoms with Gasteiger partial charge in [-0.25, -0.2) is 0 Å². The molecular weight excluding hydrogens is 440 g/mol. The van der Waals surface area contributed by atoms with Crippen molar-refractivity contribution in [3.05, 3.63) is 53.6 Å². The van der Waals surface area contributed by atoms with E-state index in [0.717, 1.165) is 10.6 Å². The number of hydrogen-bond donors (Lipinski definition) is 2. The van der Waals surface area contributed by atoms with Crippen LogP contribution in [-0.2, 0) is 4.79 Å². The number of carbonyl (C=O) groups excluding carboxylic acids is 2. The van der Waals surface area contributed by atoms with Gasteiger partial charge in [-0.05, 0) is 43.5 Å². The van der Waals surface area contributed by atoms with Crippen LogP contribution in [0.15, 0.2) is 42.5 Å². The summed E-state index contributed by atoms with van der Waals surface area (Å²) >= 11 is 1.30. The standard InChI is InChI=1S/C24H28N4O4S/c1-14(2)16-6-8-17(9-7-16)23-27-28-24(33-23)26-22(30)18-10-11-19(20(12-18)31-5)32-13-21(29)25-15(3)4/h6-12,14-15H,13H2,1-5H3,(H,25,29)(H,26,28,30). The van der Waals surface area contributed by atoms with E-state index in [1.54, 1.807) is 18.2 Å². The van der Waals surface area contributed by atoms with Crippen LogP contribution in [0.25, 0.3) is 10.6 Å². The molecule has 0 bridgehead atoms. The maximum atomic E-state index is 12.7. The first-order valence-corrected chi connectivity index (χ1v) is 11.4. The molecule has 33 heavy (non-hydrogen) atoms. The molecule has 174 valence electrons. The predicted octanol–water partition coefficient (Wildman–Crippen LogP) is 4.49. The highest BCUT2D eigenvalue weighted by molar-refractivity contribution is 7.18. The van der Waals surface area contributed by atoms with Gasteiger partial charge in [0, 0.05) is 17.2 Å². The molecule has 0 aliphatic carbocycles. The molecule has 1 heterocycles. The maximum Gasteiger partial charge on any atom is 0.258 e. The van der Waals surface area contributed by atoms with Gasteiger partial charge in [0.1, 0.15) is 5.01 Å². The molecule has 0 aliphatic heterocycles. The van der Waals surface area contributed by atoms with Crippen molar-refractivity contribution in [2.45, 2.75) is 39.7 Å². The van der Waals surface area contributed by atoms with Crippen LogP contribution in [0.3, 0.4) is 0 Å². The summed E-state index contributed by atoms with van der Waals surface area (Å²) in [6.07, 6.45) is 0. The Balaban J connectivity index is 1.66. The molecule has 8 nitrogen and oxygen atoms in total. The minimum atomic E-state index is -0.352. The van der Waals surface area contributed by atoms with E-state index in [2.05, 4.69) is 46.8 Å². The van der Waals surface area contributed by atoms with Gasteiger partial charge in [0.25, 0.3) is 11.8 Å². The molecule has 0 radical (unpaired) electrons. The van der Waals surface area contributed by atoms with E-state index in [4.69, 9.17) is 9.47 Å². The van der Waals surface area contributed by atoms with Crippen molar-refractivity contribution in [3.8, 4) is 22.1 Å². The van der Waals surface area contributed by atoms with Crippen LogP contribution in [0.4, 0.5) is 5.13 Å². The second-order valence-electron chi connectivity index (χ2n) is 8.02. The van der Waals surface area contributed by atoms with E-state index in [9.17, 15) is 9.59 Å². The van der Waals surface area contributed by atoms with E-state index in [0.29, 0.717) is 28.1 Å². The fourth-order valence-corrected chi connectivity index (χ4v) is 3.75. The molecule has 0 fully saturated rings. The number of hydrogen-bond acceptors (Lipinski definition) is 7. The quantitative estimate of drug-likeness (QED) is 0.480. The summed E-state index contributed by atoms with van der Waals surface area (Å²) in [5.41, 5.74) is 2.56. The number of rotatable bonds is 9. The van der Waals surface area contributed by atoms with Crippen molar-refractivity contribution < 1.29 is 19.1 Å². The third kappa shape index (κ3) is 6.52. The molecule has 3 aromatic rings. The first-order valence-electron chi connectivity index (χ1n) is 10.6. The Morgan fingerprint density at radius 2 is 1.73 bits per heavy atom. The highest BCUT2D eigenvalue weighted by Gasteiger charge is 2.15. The van der Waals surface area contributed by atoms with E-state index in [1.165, 1.54) is 24.0 Å². The van der Waals surface area contributed by atoms with Gasteiger partial charge >= 0.3 is 0 Å². The smallest absolute Gasteiger partial charge is 0.258 e. The lowest BCUT2D eigenvalue weighted by Crippen LogP contribution is -2.34. The van der Waals surface area contributed by atoms with E-state index in [-0.39, 0.29) is 24.5 Å². The monoisotopic (exact) mass is 468 g/mol. The first-order chi connectivity index (χ1) is 15.8. The van der Waals surface area contributed by atoms with Gasteiger partial charge in [-0.2, -0.15) is 0 Å². The molecule has 9 heteroatoms. The van der Waals surface area contributed by atoms with Gasteiger partial charge in [-0.1, -0.05) is 49.4 Å². The minimum absolute atomic E-state index is 0.0225. The molecule has 0 saturated carbocycles. The Morgan fingerprint density at radius 3 is 2.36 bits per heavy atom. The summed E-state index contributed by atoms with van der Waals surface area (Å²) in [7, 11) is 1.47. The second kappa shape index (κ2) is 10.9. The number of anilines is 1. The van der Waals surface area contributed by atoms with Crippen molar-refractivity contribution >= 4 is 28.3 Å². The molecule has 0 saturated heterocycles. The molecule has 1 aromatic heterocycles. The molecule has 2 amide bonds. The fraction of sp³-hybridized carbons (Fsp3) is 0.333. The molecular formula is C24H28N4O4S. The SMILES string of the molecule is COc1cc(C(=O)Nc2nnc(-c3ccc(C(C)C)cc3)s2)ccc1OCC(=O)NC(C)C. The fourth-order valence-electron chi connectivity index (χ4n) is 3.01. The molecule has 2 aromatic carbocycles. The van der Waals surface area contributed by atoms with E-state index >= 15 is 0 Å². The van der Waals surface area contributed by atoms with Crippen molar-refractivity contribution in [1.29, 1.82) is 0 Å². The van der Waals surface area contributed by atoms with Crippen LogP contribution in [0.5, 0.6) is 11.5 Å². The van der Waals surface area contributed by atoms with Crippen LogP contribution in [-0.4, -0.2) is 41.8 Å². The molecule has 0 spiro atoms. The third-order valence-corrected chi connectivity index (χ3v) is 5.59. The zero-order valence-corrected chi connectivity index (χ0v) is 20.2. The molecule has 0 atom stereocenters. The Morgan fingerprint density at radius 1 is 1.00 bits per heavy atom. The van der Waals surface area contributed by atoms with Gasteiger partial charge in [0.15, 0.2) is 18.1 Å². The molecule has 0 aliphatic rings. The second-order valence-corrected chi connectivity index (χ2v) is 9.00. The van der Waals surface area contributed by atoms with Crippen LogP contribution >= 0.6 is 11.3 Å². The summed E-state index contributed by atoms with van der Waals surface area (Å²) in [5.74, 6) is 0.587. The van der Waals surface area contributed by atoms with Crippen LogP contribution in [0.1, 0.15) is 49.5 Å². The minimum Gasteiger partial charge on any atom is -0.493 e. The maximum absolute atomic E-state index is 12.7. The normalized spacial score (nSPS) is 10.9. The zero-order valence-electron chi connectivity index (χ0n) is 19.3. The summed E-state index contributed by atoms with van der Waals surface area (Å²) in [6, 6.07) is 12.9. The summed E-state index contributed by atoms with van der Waals surface area (Å²) in [4.78, 5) is 24.5.